The van der Waals surface area contributed by atoms with E-state index >= 15 is 0 Å². The molecule has 3 N–H and O–H groups in total. The Morgan fingerprint density at radius 3 is 2.56 bits per heavy atom. The molecule has 0 aromatic carbocycles. The molecule has 0 saturated heterocycles. The summed E-state index contributed by atoms with van der Waals surface area (Å²) in [6, 6.07) is 0. The van der Waals surface area contributed by atoms with Crippen molar-refractivity contribution in [2.75, 3.05) is 0 Å². The molecule has 1 aromatic heterocycles. The van der Waals surface area contributed by atoms with Crippen molar-refractivity contribution in [2.24, 2.45) is 5.73 Å². The average molecular weight is 233 g/mol. The van der Waals surface area contributed by atoms with Gasteiger partial charge in [0.1, 0.15) is 11.1 Å². The first kappa shape index (κ1) is 11.8. The van der Waals surface area contributed by atoms with Crippen LogP contribution in [-0.4, -0.2) is 20.9 Å². The molecule has 16 heavy (non-hydrogen) atoms. The number of carbonyl (C=O) groups is 1. The molecule has 86 valence electrons. The van der Waals surface area contributed by atoms with E-state index in [1.807, 2.05) is 0 Å². The van der Waals surface area contributed by atoms with E-state index in [1.54, 1.807) is 0 Å². The molecule has 9 heteroatoms. The van der Waals surface area contributed by atoms with Gasteiger partial charge in [0.25, 0.3) is 12.3 Å². The van der Waals surface area contributed by atoms with Crippen LogP contribution in [0.2, 0.25) is 0 Å². The van der Waals surface area contributed by atoms with E-state index in [9.17, 15) is 23.7 Å². The minimum Gasteiger partial charge on any atom is -0.504 e. The number of rotatable bonds is 3. The van der Waals surface area contributed by atoms with Crippen LogP contribution in [0, 0.1) is 10.1 Å². The van der Waals surface area contributed by atoms with Gasteiger partial charge in [0.2, 0.25) is 0 Å². The summed E-state index contributed by atoms with van der Waals surface area (Å²) in [7, 11) is 0. The zero-order valence-corrected chi connectivity index (χ0v) is 7.55. The molecule has 0 bridgehead atoms. The first-order valence-electron chi connectivity index (χ1n) is 3.80. The summed E-state index contributed by atoms with van der Waals surface area (Å²) in [5.41, 5.74) is 2.47. The van der Waals surface area contributed by atoms with E-state index in [0.717, 1.165) is 0 Å². The Morgan fingerprint density at radius 1 is 1.62 bits per heavy atom. The molecule has 7 nitrogen and oxygen atoms in total. The number of amides is 1. The Kier molecular flexibility index (Phi) is 2.97. The number of primary amides is 1. The highest BCUT2D eigenvalue weighted by molar-refractivity contribution is 5.97. The summed E-state index contributed by atoms with van der Waals surface area (Å²) in [6.45, 7) is 0. The number of alkyl halides is 2. The van der Waals surface area contributed by atoms with Gasteiger partial charge in [-0.2, -0.15) is 0 Å². The SMILES string of the molecule is NC(=O)c1c(O)cnc([N+](=O)[O-])c1C(F)F. The molecule has 0 atom stereocenters. The fourth-order valence-corrected chi connectivity index (χ4v) is 1.12. The van der Waals surface area contributed by atoms with Gasteiger partial charge in [0, 0.05) is 0 Å². The zero-order valence-electron chi connectivity index (χ0n) is 7.55. The quantitative estimate of drug-likeness (QED) is 0.589. The van der Waals surface area contributed by atoms with Crippen LogP contribution in [0.25, 0.3) is 0 Å². The van der Waals surface area contributed by atoms with Gasteiger partial charge in [-0.05, 0) is 9.91 Å². The number of hydrogen-bond acceptors (Lipinski definition) is 5. The van der Waals surface area contributed by atoms with Gasteiger partial charge in [-0.1, -0.05) is 0 Å². The van der Waals surface area contributed by atoms with Crippen LogP contribution >= 0.6 is 0 Å². The first-order chi connectivity index (χ1) is 7.36. The van der Waals surface area contributed by atoms with Crippen molar-refractivity contribution in [3.8, 4) is 5.75 Å². The van der Waals surface area contributed by atoms with Crippen molar-refractivity contribution in [1.29, 1.82) is 0 Å². The van der Waals surface area contributed by atoms with Crippen molar-refractivity contribution in [3.63, 3.8) is 0 Å². The van der Waals surface area contributed by atoms with Crippen LogP contribution in [0.15, 0.2) is 6.20 Å². The van der Waals surface area contributed by atoms with E-state index in [-0.39, 0.29) is 0 Å². The van der Waals surface area contributed by atoms with Gasteiger partial charge in [-0.3, -0.25) is 4.79 Å². The fourth-order valence-electron chi connectivity index (χ4n) is 1.12. The third-order valence-electron chi connectivity index (χ3n) is 1.71. The molecule has 0 aliphatic heterocycles. The van der Waals surface area contributed by atoms with Gasteiger partial charge in [0.15, 0.2) is 11.9 Å². The minimum absolute atomic E-state index is 0.518. The maximum Gasteiger partial charge on any atom is 0.373 e. The van der Waals surface area contributed by atoms with E-state index in [2.05, 4.69) is 4.98 Å². The Labute approximate surface area is 86.7 Å². The summed E-state index contributed by atoms with van der Waals surface area (Å²) >= 11 is 0. The second-order valence-corrected chi connectivity index (χ2v) is 2.68. The Morgan fingerprint density at radius 2 is 2.19 bits per heavy atom. The molecule has 0 radical (unpaired) electrons. The molecule has 1 aromatic rings. The number of aromatic hydroxyl groups is 1. The summed E-state index contributed by atoms with van der Waals surface area (Å²) in [4.78, 5) is 23.0. The summed E-state index contributed by atoms with van der Waals surface area (Å²) in [5.74, 6) is -3.52. The second-order valence-electron chi connectivity index (χ2n) is 2.68. The largest absolute Gasteiger partial charge is 0.504 e. The monoisotopic (exact) mass is 233 g/mol. The molecule has 0 aliphatic rings. The third-order valence-corrected chi connectivity index (χ3v) is 1.71. The van der Waals surface area contributed by atoms with Crippen LogP contribution in [-0.2, 0) is 0 Å². The summed E-state index contributed by atoms with van der Waals surface area (Å²) in [6.07, 6.45) is -2.83. The lowest BCUT2D eigenvalue weighted by Crippen LogP contribution is -2.16. The van der Waals surface area contributed by atoms with Crippen molar-refractivity contribution in [3.05, 3.63) is 27.4 Å². The van der Waals surface area contributed by atoms with Gasteiger partial charge in [0.05, 0.1) is 0 Å². The summed E-state index contributed by atoms with van der Waals surface area (Å²) in [5, 5.41) is 19.5. The number of nitro groups is 1. The van der Waals surface area contributed by atoms with Crippen LogP contribution in [0.5, 0.6) is 5.75 Å². The van der Waals surface area contributed by atoms with Crippen LogP contribution in [0.4, 0.5) is 14.6 Å². The van der Waals surface area contributed by atoms with E-state index in [0.29, 0.717) is 6.20 Å². The van der Waals surface area contributed by atoms with Crippen LogP contribution in [0.3, 0.4) is 0 Å². The Hall–Kier alpha value is -2.32. The molecule has 1 rings (SSSR count). The number of pyridine rings is 1. The predicted molar refractivity (Wildman–Crippen MR) is 46.0 cm³/mol. The van der Waals surface area contributed by atoms with Crippen molar-refractivity contribution in [2.45, 2.75) is 6.43 Å². The average Bonchev–Trinajstić information content (AvgIpc) is 2.15. The second kappa shape index (κ2) is 4.04. The molecule has 0 unspecified atom stereocenters. The van der Waals surface area contributed by atoms with Gasteiger partial charge in [-0.15, -0.1) is 0 Å². The number of hydrogen-bond donors (Lipinski definition) is 2. The molecule has 1 amide bonds. The number of nitrogens with zero attached hydrogens (tertiary/aromatic N) is 2. The highest BCUT2D eigenvalue weighted by atomic mass is 19.3. The molecular weight excluding hydrogens is 228 g/mol. The highest BCUT2D eigenvalue weighted by Gasteiger charge is 2.32. The summed E-state index contributed by atoms with van der Waals surface area (Å²) < 4.78 is 25.1. The molecule has 0 spiro atoms. The first-order valence-corrected chi connectivity index (χ1v) is 3.80. The highest BCUT2D eigenvalue weighted by Crippen LogP contribution is 2.34. The zero-order chi connectivity index (χ0) is 12.5. The van der Waals surface area contributed by atoms with Crippen molar-refractivity contribution >= 4 is 11.7 Å². The standard InChI is InChI=1S/C7H5F2N3O4/c8-5(9)4-3(6(10)14)2(13)1-11-7(4)12(15)16/h1,5,13H,(H2,10,14). The van der Waals surface area contributed by atoms with Crippen molar-refractivity contribution in [1.82, 2.24) is 4.98 Å². The normalized spacial score (nSPS) is 10.4. The van der Waals surface area contributed by atoms with Gasteiger partial charge >= 0.3 is 5.82 Å². The van der Waals surface area contributed by atoms with E-state index in [4.69, 9.17) is 10.8 Å². The molecule has 0 aliphatic carbocycles. The number of aromatic nitrogens is 1. The molecular formula is C7H5F2N3O4. The van der Waals surface area contributed by atoms with Gasteiger partial charge < -0.3 is 21.0 Å². The number of halogens is 2. The molecule has 0 fully saturated rings. The Bertz CT molecular complexity index is 463. The fraction of sp³-hybridized carbons (Fsp3) is 0.143. The minimum atomic E-state index is -3.34. The molecule has 1 heterocycles. The Balaban J connectivity index is 3.63. The smallest absolute Gasteiger partial charge is 0.373 e. The number of carbonyl (C=O) groups excluding carboxylic acids is 1. The topological polar surface area (TPSA) is 119 Å². The van der Waals surface area contributed by atoms with Crippen LogP contribution < -0.4 is 5.73 Å². The maximum atomic E-state index is 12.5. The third kappa shape index (κ3) is 1.87. The van der Waals surface area contributed by atoms with Crippen LogP contribution in [0.1, 0.15) is 22.3 Å². The lowest BCUT2D eigenvalue weighted by Gasteiger charge is -2.06. The maximum absolute atomic E-state index is 12.5. The lowest BCUT2D eigenvalue weighted by molar-refractivity contribution is -0.391. The lowest BCUT2D eigenvalue weighted by atomic mass is 10.1. The number of nitrogens with two attached hydrogens (primary N) is 1. The van der Waals surface area contributed by atoms with E-state index < -0.39 is 40.0 Å². The van der Waals surface area contributed by atoms with E-state index in [1.165, 1.54) is 0 Å². The van der Waals surface area contributed by atoms with Crippen molar-refractivity contribution < 1.29 is 23.6 Å². The molecule has 0 saturated carbocycles. The van der Waals surface area contributed by atoms with Gasteiger partial charge in [-0.25, -0.2) is 8.78 Å². The predicted octanol–water partition coefficient (Wildman–Crippen LogP) is 0.732.